The highest BCUT2D eigenvalue weighted by Gasteiger charge is 2.35. The van der Waals surface area contributed by atoms with Crippen molar-refractivity contribution in [1.29, 1.82) is 0 Å². The number of aliphatic hydroxyl groups is 1. The number of likely N-dealkylation sites (tertiary alicyclic amines) is 1. The van der Waals surface area contributed by atoms with Gasteiger partial charge in [0.25, 0.3) is 0 Å². The third-order valence-electron chi connectivity index (χ3n) is 5.71. The Hall–Kier alpha value is -0.120. The zero-order valence-electron chi connectivity index (χ0n) is 13.6. The average molecular weight is 282 g/mol. The summed E-state index contributed by atoms with van der Waals surface area (Å²) in [4.78, 5) is 2.68. The molecule has 0 spiro atoms. The smallest absolute Gasteiger partial charge is 0.0445 e. The number of hydrogen-bond donors (Lipinski definition) is 2. The lowest BCUT2D eigenvalue weighted by Crippen LogP contribution is -2.51. The molecule has 0 bridgehead atoms. The van der Waals surface area contributed by atoms with Crippen LogP contribution in [0.5, 0.6) is 0 Å². The minimum absolute atomic E-state index is 0.341. The van der Waals surface area contributed by atoms with Gasteiger partial charge in [0.05, 0.1) is 0 Å². The van der Waals surface area contributed by atoms with Crippen LogP contribution in [-0.4, -0.2) is 48.8 Å². The van der Waals surface area contributed by atoms with E-state index in [0.29, 0.717) is 18.7 Å². The van der Waals surface area contributed by atoms with Crippen LogP contribution in [0, 0.1) is 17.8 Å². The fourth-order valence-electron chi connectivity index (χ4n) is 4.60. The molecule has 0 radical (unpaired) electrons. The summed E-state index contributed by atoms with van der Waals surface area (Å²) in [5.74, 6) is 2.44. The van der Waals surface area contributed by atoms with Crippen LogP contribution in [0.1, 0.15) is 52.4 Å². The van der Waals surface area contributed by atoms with Crippen molar-refractivity contribution >= 4 is 0 Å². The Morgan fingerprint density at radius 2 is 2.00 bits per heavy atom. The summed E-state index contributed by atoms with van der Waals surface area (Å²) in [6.07, 6.45) is 7.62. The summed E-state index contributed by atoms with van der Waals surface area (Å²) in [7, 11) is 2.13. The Bertz CT molecular complexity index is 282. The zero-order valence-corrected chi connectivity index (χ0v) is 13.6. The highest BCUT2D eigenvalue weighted by Crippen LogP contribution is 2.35. The lowest BCUT2D eigenvalue weighted by Gasteiger charge is -2.45. The largest absolute Gasteiger partial charge is 0.396 e. The van der Waals surface area contributed by atoms with Crippen molar-refractivity contribution in [1.82, 2.24) is 10.2 Å². The highest BCUT2D eigenvalue weighted by atomic mass is 16.3. The lowest BCUT2D eigenvalue weighted by molar-refractivity contribution is 0.0552. The Morgan fingerprint density at radius 1 is 1.20 bits per heavy atom. The van der Waals surface area contributed by atoms with Crippen LogP contribution in [0.25, 0.3) is 0 Å². The van der Waals surface area contributed by atoms with Crippen LogP contribution in [-0.2, 0) is 0 Å². The molecule has 5 atom stereocenters. The molecule has 0 aromatic carbocycles. The summed E-state index contributed by atoms with van der Waals surface area (Å²) in [6, 6.07) is 1.29. The molecule has 20 heavy (non-hydrogen) atoms. The third kappa shape index (κ3) is 3.96. The Morgan fingerprint density at radius 3 is 2.70 bits per heavy atom. The van der Waals surface area contributed by atoms with Gasteiger partial charge in [-0.05, 0) is 63.5 Å². The van der Waals surface area contributed by atoms with Gasteiger partial charge in [-0.3, -0.25) is 4.90 Å². The van der Waals surface area contributed by atoms with Gasteiger partial charge in [0.2, 0.25) is 0 Å². The summed E-state index contributed by atoms with van der Waals surface area (Å²) >= 11 is 0. The van der Waals surface area contributed by atoms with Gasteiger partial charge in [0.1, 0.15) is 0 Å². The molecule has 5 unspecified atom stereocenters. The molecule has 3 nitrogen and oxygen atoms in total. The van der Waals surface area contributed by atoms with Gasteiger partial charge >= 0.3 is 0 Å². The molecule has 0 amide bonds. The van der Waals surface area contributed by atoms with E-state index in [-0.39, 0.29) is 0 Å². The number of hydrogen-bond acceptors (Lipinski definition) is 3. The van der Waals surface area contributed by atoms with Crippen molar-refractivity contribution in [3.63, 3.8) is 0 Å². The molecule has 1 saturated carbocycles. The maximum absolute atomic E-state index is 9.29. The lowest BCUT2D eigenvalue weighted by atomic mass is 9.72. The predicted molar refractivity (Wildman–Crippen MR) is 84.8 cm³/mol. The van der Waals surface area contributed by atoms with E-state index in [1.165, 1.54) is 45.2 Å². The molecule has 2 N–H and O–H groups in total. The Kier molecular flexibility index (Phi) is 6.31. The van der Waals surface area contributed by atoms with E-state index in [1.807, 2.05) is 0 Å². The summed E-state index contributed by atoms with van der Waals surface area (Å²) in [6.45, 7) is 7.64. The van der Waals surface area contributed by atoms with E-state index in [9.17, 15) is 5.11 Å². The number of rotatable bonds is 5. The van der Waals surface area contributed by atoms with E-state index in [4.69, 9.17) is 0 Å². The number of piperidine rings is 1. The van der Waals surface area contributed by atoms with Gasteiger partial charge in [-0.1, -0.05) is 20.3 Å². The SMILES string of the molecule is CNC1CC(C)CC(C)C1CN1CCCCC1CCO. The molecule has 118 valence electrons. The summed E-state index contributed by atoms with van der Waals surface area (Å²) in [5, 5.41) is 12.9. The minimum Gasteiger partial charge on any atom is -0.396 e. The van der Waals surface area contributed by atoms with Gasteiger partial charge in [-0.25, -0.2) is 0 Å². The number of nitrogens with zero attached hydrogens (tertiary/aromatic N) is 1. The average Bonchev–Trinajstić information content (AvgIpc) is 2.43. The van der Waals surface area contributed by atoms with Crippen LogP contribution in [0.15, 0.2) is 0 Å². The fourth-order valence-corrected chi connectivity index (χ4v) is 4.60. The van der Waals surface area contributed by atoms with Crippen LogP contribution in [0.4, 0.5) is 0 Å². The molecule has 0 aromatic rings. The van der Waals surface area contributed by atoms with Gasteiger partial charge in [-0.2, -0.15) is 0 Å². The van der Waals surface area contributed by atoms with Crippen molar-refractivity contribution in [2.45, 2.75) is 64.5 Å². The van der Waals surface area contributed by atoms with Crippen molar-refractivity contribution < 1.29 is 5.11 Å². The fraction of sp³-hybridized carbons (Fsp3) is 1.00. The summed E-state index contributed by atoms with van der Waals surface area (Å²) in [5.41, 5.74) is 0. The Balaban J connectivity index is 1.98. The van der Waals surface area contributed by atoms with Gasteiger partial charge in [-0.15, -0.1) is 0 Å². The maximum atomic E-state index is 9.29. The van der Waals surface area contributed by atoms with Crippen LogP contribution < -0.4 is 5.32 Å². The number of aliphatic hydroxyl groups excluding tert-OH is 1. The number of nitrogens with one attached hydrogen (secondary N) is 1. The second kappa shape index (κ2) is 7.77. The second-order valence-electron chi connectivity index (χ2n) is 7.27. The molecule has 1 aliphatic carbocycles. The molecule has 0 aromatic heterocycles. The van der Waals surface area contributed by atoms with Gasteiger partial charge < -0.3 is 10.4 Å². The van der Waals surface area contributed by atoms with Crippen molar-refractivity contribution in [2.24, 2.45) is 17.8 Å². The first kappa shape index (κ1) is 16.3. The molecule has 2 aliphatic rings. The highest BCUT2D eigenvalue weighted by molar-refractivity contribution is 4.90. The van der Waals surface area contributed by atoms with Crippen molar-refractivity contribution in [2.75, 3.05) is 26.7 Å². The van der Waals surface area contributed by atoms with Crippen molar-refractivity contribution in [3.8, 4) is 0 Å². The molecule has 1 saturated heterocycles. The monoisotopic (exact) mass is 282 g/mol. The van der Waals surface area contributed by atoms with Crippen LogP contribution in [0.3, 0.4) is 0 Å². The topological polar surface area (TPSA) is 35.5 Å². The van der Waals surface area contributed by atoms with E-state index in [1.54, 1.807) is 0 Å². The quantitative estimate of drug-likeness (QED) is 0.813. The second-order valence-corrected chi connectivity index (χ2v) is 7.27. The maximum Gasteiger partial charge on any atom is 0.0445 e. The first-order valence-corrected chi connectivity index (χ1v) is 8.67. The van der Waals surface area contributed by atoms with E-state index < -0.39 is 0 Å². The molecular formula is C17H34N2O. The molecule has 2 rings (SSSR count). The molecule has 3 heteroatoms. The van der Waals surface area contributed by atoms with Gasteiger partial charge in [0, 0.05) is 25.2 Å². The third-order valence-corrected chi connectivity index (χ3v) is 5.71. The normalized spacial score (nSPS) is 39.9. The van der Waals surface area contributed by atoms with E-state index in [0.717, 1.165) is 24.2 Å². The van der Waals surface area contributed by atoms with E-state index >= 15 is 0 Å². The summed E-state index contributed by atoms with van der Waals surface area (Å²) < 4.78 is 0. The molecule has 2 fully saturated rings. The van der Waals surface area contributed by atoms with Crippen molar-refractivity contribution in [3.05, 3.63) is 0 Å². The van der Waals surface area contributed by atoms with Crippen LogP contribution in [0.2, 0.25) is 0 Å². The van der Waals surface area contributed by atoms with Crippen LogP contribution >= 0.6 is 0 Å². The molecular weight excluding hydrogens is 248 g/mol. The molecule has 1 aliphatic heterocycles. The first-order chi connectivity index (χ1) is 9.65. The molecule has 1 heterocycles. The Labute approximate surface area is 125 Å². The standard InChI is InChI=1S/C17H34N2O/c1-13-10-14(2)16(17(11-13)18-3)12-19-8-5-4-6-15(19)7-9-20/h13-18,20H,4-12H2,1-3H3. The minimum atomic E-state index is 0.341. The van der Waals surface area contributed by atoms with Gasteiger partial charge in [0.15, 0.2) is 0 Å². The first-order valence-electron chi connectivity index (χ1n) is 8.67. The predicted octanol–water partition coefficient (Wildman–Crippen LogP) is 2.49. The zero-order chi connectivity index (χ0) is 14.5. The van der Waals surface area contributed by atoms with E-state index in [2.05, 4.69) is 31.1 Å².